The van der Waals surface area contributed by atoms with Crippen molar-refractivity contribution in [2.45, 2.75) is 38.1 Å². The van der Waals surface area contributed by atoms with Crippen molar-refractivity contribution in [1.29, 1.82) is 0 Å². The van der Waals surface area contributed by atoms with Crippen molar-refractivity contribution < 1.29 is 9.90 Å². The number of nitrogens with zero attached hydrogens (tertiary/aromatic N) is 3. The topological polar surface area (TPSA) is 86.1 Å². The van der Waals surface area contributed by atoms with Gasteiger partial charge in [-0.2, -0.15) is 0 Å². The number of carbonyl (C=O) groups is 1. The van der Waals surface area contributed by atoms with E-state index in [4.69, 9.17) is 10.6 Å². The molecule has 1 aliphatic rings. The maximum absolute atomic E-state index is 10.8. The molecule has 0 bridgehead atoms. The zero-order chi connectivity index (χ0) is 9.68. The molecule has 1 fully saturated rings. The number of carboxylic acid groups (broad SMARTS) is 1. The van der Waals surface area contributed by atoms with E-state index in [9.17, 15) is 4.79 Å². The van der Waals surface area contributed by atoms with E-state index in [2.05, 4.69) is 10.0 Å². The zero-order valence-corrected chi connectivity index (χ0v) is 7.39. The molecule has 0 aromatic heterocycles. The molecule has 5 nitrogen and oxygen atoms in total. The molecule has 0 aromatic carbocycles. The Morgan fingerprint density at radius 3 is 2.69 bits per heavy atom. The predicted molar refractivity (Wildman–Crippen MR) is 47.1 cm³/mol. The molecule has 0 heterocycles. The van der Waals surface area contributed by atoms with Gasteiger partial charge < -0.3 is 5.11 Å². The second-order valence-corrected chi connectivity index (χ2v) is 3.36. The van der Waals surface area contributed by atoms with Crippen LogP contribution in [0.25, 0.3) is 10.4 Å². The number of rotatable bonds is 2. The molecule has 2 atom stereocenters. The van der Waals surface area contributed by atoms with Gasteiger partial charge in [0.05, 0.1) is 12.0 Å². The van der Waals surface area contributed by atoms with Crippen LogP contribution in [0.1, 0.15) is 32.1 Å². The SMILES string of the molecule is [N-]=[N+]=N[C@H]1CCCCC[C@H]1C(=O)O. The summed E-state index contributed by atoms with van der Waals surface area (Å²) < 4.78 is 0. The third-order valence-electron chi connectivity index (χ3n) is 2.50. The lowest BCUT2D eigenvalue weighted by molar-refractivity contribution is -0.142. The van der Waals surface area contributed by atoms with Crippen LogP contribution in [0.4, 0.5) is 0 Å². The molecule has 5 heteroatoms. The van der Waals surface area contributed by atoms with Gasteiger partial charge in [-0.3, -0.25) is 4.79 Å². The normalized spacial score (nSPS) is 28.6. The first kappa shape index (κ1) is 9.86. The summed E-state index contributed by atoms with van der Waals surface area (Å²) in [5.41, 5.74) is 8.28. The Bertz CT molecular complexity index is 226. The fourth-order valence-electron chi connectivity index (χ4n) is 1.78. The molecule has 0 radical (unpaired) electrons. The van der Waals surface area contributed by atoms with E-state index in [1.807, 2.05) is 0 Å². The quantitative estimate of drug-likeness (QED) is 0.308. The molecule has 0 aliphatic heterocycles. The predicted octanol–water partition coefficient (Wildman–Crippen LogP) is 2.33. The third-order valence-corrected chi connectivity index (χ3v) is 2.50. The summed E-state index contributed by atoms with van der Waals surface area (Å²) in [6.45, 7) is 0. The summed E-state index contributed by atoms with van der Waals surface area (Å²) in [5.74, 6) is -1.31. The molecule has 0 spiro atoms. The zero-order valence-electron chi connectivity index (χ0n) is 7.39. The maximum atomic E-state index is 10.8. The average molecular weight is 183 g/mol. The molecule has 72 valence electrons. The van der Waals surface area contributed by atoms with E-state index in [0.29, 0.717) is 12.8 Å². The van der Waals surface area contributed by atoms with E-state index in [1.165, 1.54) is 0 Å². The van der Waals surface area contributed by atoms with Crippen LogP contribution in [0.2, 0.25) is 0 Å². The van der Waals surface area contributed by atoms with Crippen LogP contribution < -0.4 is 0 Å². The van der Waals surface area contributed by atoms with Crippen molar-refractivity contribution >= 4 is 5.97 Å². The fraction of sp³-hybridized carbons (Fsp3) is 0.875. The molecule has 1 N–H and O–H groups in total. The smallest absolute Gasteiger partial charge is 0.306 e. The Morgan fingerprint density at radius 1 is 1.38 bits per heavy atom. The molecule has 13 heavy (non-hydrogen) atoms. The minimum atomic E-state index is -0.834. The molecule has 0 aromatic rings. The van der Waals surface area contributed by atoms with Gasteiger partial charge >= 0.3 is 5.97 Å². The second kappa shape index (κ2) is 4.72. The third kappa shape index (κ3) is 2.63. The molecule has 0 amide bonds. The summed E-state index contributed by atoms with van der Waals surface area (Å²) in [6.07, 6.45) is 4.28. The lowest BCUT2D eigenvalue weighted by atomic mass is 9.96. The average Bonchev–Trinajstić information content (AvgIpc) is 2.30. The lowest BCUT2D eigenvalue weighted by Gasteiger charge is -2.15. The Labute approximate surface area is 76.4 Å². The van der Waals surface area contributed by atoms with E-state index < -0.39 is 11.9 Å². The molecule has 1 rings (SSSR count). The van der Waals surface area contributed by atoms with Crippen molar-refractivity contribution in [3.05, 3.63) is 10.4 Å². The van der Waals surface area contributed by atoms with Crippen LogP contribution in [0.3, 0.4) is 0 Å². The van der Waals surface area contributed by atoms with Crippen molar-refractivity contribution in [2.24, 2.45) is 11.0 Å². The van der Waals surface area contributed by atoms with Crippen LogP contribution in [-0.2, 0) is 4.79 Å². The van der Waals surface area contributed by atoms with Gasteiger partial charge in [0.15, 0.2) is 0 Å². The highest BCUT2D eigenvalue weighted by Crippen LogP contribution is 2.26. The van der Waals surface area contributed by atoms with Crippen LogP contribution in [0.5, 0.6) is 0 Å². The van der Waals surface area contributed by atoms with Gasteiger partial charge in [-0.05, 0) is 18.4 Å². The van der Waals surface area contributed by atoms with E-state index in [-0.39, 0.29) is 6.04 Å². The van der Waals surface area contributed by atoms with Crippen LogP contribution in [0.15, 0.2) is 5.11 Å². The fourth-order valence-corrected chi connectivity index (χ4v) is 1.78. The van der Waals surface area contributed by atoms with Crippen LogP contribution in [-0.4, -0.2) is 17.1 Å². The largest absolute Gasteiger partial charge is 0.481 e. The summed E-state index contributed by atoms with van der Waals surface area (Å²) in [5, 5.41) is 12.4. The van der Waals surface area contributed by atoms with Crippen molar-refractivity contribution in [1.82, 2.24) is 0 Å². The highest BCUT2D eigenvalue weighted by atomic mass is 16.4. The monoisotopic (exact) mass is 183 g/mol. The Morgan fingerprint density at radius 2 is 2.08 bits per heavy atom. The van der Waals surface area contributed by atoms with E-state index in [1.54, 1.807) is 0 Å². The van der Waals surface area contributed by atoms with Gasteiger partial charge in [0, 0.05) is 4.91 Å². The van der Waals surface area contributed by atoms with Crippen molar-refractivity contribution in [2.75, 3.05) is 0 Å². The van der Waals surface area contributed by atoms with Crippen LogP contribution >= 0.6 is 0 Å². The Kier molecular flexibility index (Phi) is 3.58. The van der Waals surface area contributed by atoms with Crippen molar-refractivity contribution in [3.63, 3.8) is 0 Å². The van der Waals surface area contributed by atoms with Gasteiger partial charge in [-0.25, -0.2) is 0 Å². The van der Waals surface area contributed by atoms with Gasteiger partial charge in [0.25, 0.3) is 0 Å². The first-order valence-corrected chi connectivity index (χ1v) is 4.52. The number of carboxylic acids is 1. The number of hydrogen-bond acceptors (Lipinski definition) is 2. The van der Waals surface area contributed by atoms with E-state index >= 15 is 0 Å². The molecule has 1 saturated carbocycles. The van der Waals surface area contributed by atoms with Gasteiger partial charge in [0.2, 0.25) is 0 Å². The Hall–Kier alpha value is -1.22. The number of azide groups is 1. The standard InChI is InChI=1S/C8H13N3O2/c9-11-10-7-5-3-1-2-4-6(7)8(12)13/h6-7H,1-5H2,(H,12,13)/t6-,7+/m1/s1. The summed E-state index contributed by atoms with van der Waals surface area (Å²) >= 11 is 0. The van der Waals surface area contributed by atoms with Crippen molar-refractivity contribution in [3.8, 4) is 0 Å². The van der Waals surface area contributed by atoms with E-state index in [0.717, 1.165) is 19.3 Å². The highest BCUT2D eigenvalue weighted by Gasteiger charge is 2.28. The molecular formula is C8H13N3O2. The highest BCUT2D eigenvalue weighted by molar-refractivity contribution is 5.70. The minimum Gasteiger partial charge on any atom is -0.481 e. The Balaban J connectivity index is 2.71. The second-order valence-electron chi connectivity index (χ2n) is 3.36. The first-order chi connectivity index (χ1) is 6.25. The first-order valence-electron chi connectivity index (χ1n) is 4.52. The number of hydrogen-bond donors (Lipinski definition) is 1. The molecule has 0 saturated heterocycles. The van der Waals surface area contributed by atoms with Gasteiger partial charge in [-0.15, -0.1) is 0 Å². The summed E-state index contributed by atoms with van der Waals surface area (Å²) in [7, 11) is 0. The van der Waals surface area contributed by atoms with Gasteiger partial charge in [0.1, 0.15) is 0 Å². The molecule has 0 unspecified atom stereocenters. The number of aliphatic carboxylic acids is 1. The van der Waals surface area contributed by atoms with Gasteiger partial charge in [-0.1, -0.05) is 24.4 Å². The minimum absolute atomic E-state index is 0.343. The lowest BCUT2D eigenvalue weighted by Crippen LogP contribution is -2.25. The summed E-state index contributed by atoms with van der Waals surface area (Å²) in [4.78, 5) is 13.5. The summed E-state index contributed by atoms with van der Waals surface area (Å²) in [6, 6.07) is -0.343. The molecular weight excluding hydrogens is 170 g/mol. The molecule has 1 aliphatic carbocycles. The maximum Gasteiger partial charge on any atom is 0.306 e. The van der Waals surface area contributed by atoms with Crippen LogP contribution in [0, 0.1) is 5.92 Å².